The summed E-state index contributed by atoms with van der Waals surface area (Å²) >= 11 is 0. The van der Waals surface area contributed by atoms with Crippen LogP contribution in [0.15, 0.2) is 0 Å². The Labute approximate surface area is 161 Å². The quantitative estimate of drug-likeness (QED) is 0.480. The average molecular weight is 363 g/mol. The molecule has 3 aliphatic carbocycles. The van der Waals surface area contributed by atoms with Crippen LogP contribution in [0.2, 0.25) is 0 Å². The van der Waals surface area contributed by atoms with Crippen LogP contribution in [0.25, 0.3) is 0 Å². The summed E-state index contributed by atoms with van der Waals surface area (Å²) in [6.07, 6.45) is 21.2. The molecule has 2 unspecified atom stereocenters. The lowest BCUT2D eigenvalue weighted by Gasteiger charge is -2.41. The molecule has 0 aromatic heterocycles. The van der Waals surface area contributed by atoms with Crippen molar-refractivity contribution >= 4 is 5.97 Å². The minimum absolute atomic E-state index is 0.0890. The number of hydrogen-bond acceptors (Lipinski definition) is 2. The van der Waals surface area contributed by atoms with E-state index in [1.54, 1.807) is 6.92 Å². The highest BCUT2D eigenvalue weighted by Gasteiger charge is 2.35. The van der Waals surface area contributed by atoms with E-state index in [4.69, 9.17) is 4.74 Å². The van der Waals surface area contributed by atoms with E-state index in [0.29, 0.717) is 0 Å². The highest BCUT2D eigenvalue weighted by molar-refractivity contribution is 5.66. The Morgan fingerprint density at radius 3 is 1.96 bits per heavy atom. The van der Waals surface area contributed by atoms with Crippen LogP contribution in [-0.4, -0.2) is 12.1 Å². The second-order valence-corrected chi connectivity index (χ2v) is 9.76. The molecule has 0 amide bonds. The van der Waals surface area contributed by atoms with Gasteiger partial charge in [0.25, 0.3) is 0 Å². The molecular formula is C24H42O2. The third kappa shape index (κ3) is 5.73. The van der Waals surface area contributed by atoms with Gasteiger partial charge in [0, 0.05) is 6.92 Å². The van der Waals surface area contributed by atoms with E-state index in [9.17, 15) is 4.79 Å². The van der Waals surface area contributed by atoms with Crippen molar-refractivity contribution in [1.82, 2.24) is 0 Å². The predicted molar refractivity (Wildman–Crippen MR) is 108 cm³/mol. The number of carbonyl (C=O) groups is 1. The Morgan fingerprint density at radius 2 is 1.38 bits per heavy atom. The Balaban J connectivity index is 1.38. The van der Waals surface area contributed by atoms with Gasteiger partial charge in [0.05, 0.1) is 0 Å². The molecule has 0 saturated heterocycles. The normalized spacial score (nSPS) is 38.7. The average Bonchev–Trinajstić information content (AvgIpc) is 2.67. The lowest BCUT2D eigenvalue weighted by Crippen LogP contribution is -2.32. The standard InChI is InChI=1S/C24H42O2/c1-3-4-6-19-9-11-20(12-10-19)21-13-15-22(16-14-21)23-7-5-8-24(17-23)26-18(2)25/h19-24H,3-17H2,1-2H3. The van der Waals surface area contributed by atoms with Crippen LogP contribution in [0.5, 0.6) is 0 Å². The first kappa shape index (κ1) is 20.2. The van der Waals surface area contributed by atoms with E-state index >= 15 is 0 Å². The van der Waals surface area contributed by atoms with Gasteiger partial charge in [-0.2, -0.15) is 0 Å². The van der Waals surface area contributed by atoms with E-state index in [0.717, 1.165) is 42.4 Å². The van der Waals surface area contributed by atoms with Crippen molar-refractivity contribution < 1.29 is 9.53 Å². The molecule has 2 heteroatoms. The molecule has 3 aliphatic rings. The zero-order valence-corrected chi connectivity index (χ0v) is 17.4. The third-order valence-electron chi connectivity index (χ3n) is 8.01. The number of rotatable bonds is 6. The summed E-state index contributed by atoms with van der Waals surface area (Å²) in [5, 5.41) is 0. The summed E-state index contributed by atoms with van der Waals surface area (Å²) < 4.78 is 5.53. The number of esters is 1. The van der Waals surface area contributed by atoms with E-state index < -0.39 is 0 Å². The van der Waals surface area contributed by atoms with Crippen molar-refractivity contribution in [2.24, 2.45) is 29.6 Å². The van der Waals surface area contributed by atoms with Crippen LogP contribution >= 0.6 is 0 Å². The van der Waals surface area contributed by atoms with Gasteiger partial charge in [0.15, 0.2) is 0 Å². The highest BCUT2D eigenvalue weighted by Crippen LogP contribution is 2.46. The molecule has 150 valence electrons. The summed E-state index contributed by atoms with van der Waals surface area (Å²) in [5.74, 6) is 4.74. The molecule has 0 radical (unpaired) electrons. The first-order valence-electron chi connectivity index (χ1n) is 11.8. The Hall–Kier alpha value is -0.530. The van der Waals surface area contributed by atoms with Crippen LogP contribution in [0, 0.1) is 29.6 Å². The van der Waals surface area contributed by atoms with E-state index in [1.807, 2.05) is 0 Å². The lowest BCUT2D eigenvalue weighted by molar-refractivity contribution is -0.149. The van der Waals surface area contributed by atoms with Crippen molar-refractivity contribution in [2.75, 3.05) is 0 Å². The van der Waals surface area contributed by atoms with Gasteiger partial charge in [-0.1, -0.05) is 39.0 Å². The fraction of sp³-hybridized carbons (Fsp3) is 0.958. The molecule has 0 aromatic carbocycles. The van der Waals surface area contributed by atoms with Crippen LogP contribution < -0.4 is 0 Å². The van der Waals surface area contributed by atoms with Gasteiger partial charge >= 0.3 is 5.97 Å². The summed E-state index contributed by atoms with van der Waals surface area (Å²) in [7, 11) is 0. The summed E-state index contributed by atoms with van der Waals surface area (Å²) in [4.78, 5) is 11.3. The van der Waals surface area contributed by atoms with Crippen LogP contribution in [0.4, 0.5) is 0 Å². The van der Waals surface area contributed by atoms with Gasteiger partial charge in [-0.25, -0.2) is 0 Å². The zero-order chi connectivity index (χ0) is 18.4. The molecule has 26 heavy (non-hydrogen) atoms. The maximum absolute atomic E-state index is 11.3. The molecular weight excluding hydrogens is 320 g/mol. The maximum atomic E-state index is 11.3. The number of ether oxygens (including phenoxy) is 1. The maximum Gasteiger partial charge on any atom is 0.302 e. The fourth-order valence-corrected chi connectivity index (χ4v) is 6.48. The first-order chi connectivity index (χ1) is 12.7. The van der Waals surface area contributed by atoms with Crippen molar-refractivity contribution in [3.8, 4) is 0 Å². The minimum Gasteiger partial charge on any atom is -0.463 e. The molecule has 0 N–H and O–H groups in total. The molecule has 3 fully saturated rings. The summed E-state index contributed by atoms with van der Waals surface area (Å²) in [5.41, 5.74) is 0. The molecule has 0 aliphatic heterocycles. The molecule has 0 bridgehead atoms. The fourth-order valence-electron chi connectivity index (χ4n) is 6.48. The number of unbranched alkanes of at least 4 members (excludes halogenated alkanes) is 1. The van der Waals surface area contributed by atoms with Gasteiger partial charge in [-0.05, 0) is 93.8 Å². The van der Waals surface area contributed by atoms with Crippen molar-refractivity contribution in [1.29, 1.82) is 0 Å². The van der Waals surface area contributed by atoms with E-state index in [2.05, 4.69) is 6.92 Å². The molecule has 3 saturated carbocycles. The lowest BCUT2D eigenvalue weighted by atomic mass is 9.65. The van der Waals surface area contributed by atoms with E-state index in [1.165, 1.54) is 83.5 Å². The molecule has 0 heterocycles. The number of carbonyl (C=O) groups excluding carboxylic acids is 1. The molecule has 3 rings (SSSR count). The van der Waals surface area contributed by atoms with Crippen molar-refractivity contribution in [3.63, 3.8) is 0 Å². The Bertz CT molecular complexity index is 416. The van der Waals surface area contributed by atoms with Gasteiger partial charge in [0.2, 0.25) is 0 Å². The third-order valence-corrected chi connectivity index (χ3v) is 8.01. The second-order valence-electron chi connectivity index (χ2n) is 9.76. The Kier molecular flexibility index (Phi) is 7.88. The second kappa shape index (κ2) is 10.1. The molecule has 0 aromatic rings. The zero-order valence-electron chi connectivity index (χ0n) is 17.4. The van der Waals surface area contributed by atoms with Gasteiger partial charge in [0.1, 0.15) is 6.10 Å². The first-order valence-corrected chi connectivity index (χ1v) is 11.8. The minimum atomic E-state index is -0.0890. The van der Waals surface area contributed by atoms with Crippen LogP contribution in [0.1, 0.15) is 110 Å². The summed E-state index contributed by atoms with van der Waals surface area (Å²) in [6.45, 7) is 3.89. The van der Waals surface area contributed by atoms with Crippen LogP contribution in [-0.2, 0) is 9.53 Å². The van der Waals surface area contributed by atoms with Gasteiger partial charge < -0.3 is 4.74 Å². The molecule has 0 spiro atoms. The SMILES string of the molecule is CCCCC1CCC(C2CCC(C3CCCC(OC(C)=O)C3)CC2)CC1. The van der Waals surface area contributed by atoms with Crippen molar-refractivity contribution in [3.05, 3.63) is 0 Å². The topological polar surface area (TPSA) is 26.3 Å². The Morgan fingerprint density at radius 1 is 0.808 bits per heavy atom. The monoisotopic (exact) mass is 362 g/mol. The number of hydrogen-bond donors (Lipinski definition) is 0. The molecule has 2 atom stereocenters. The van der Waals surface area contributed by atoms with Crippen LogP contribution in [0.3, 0.4) is 0 Å². The van der Waals surface area contributed by atoms with Crippen molar-refractivity contribution in [2.45, 2.75) is 116 Å². The smallest absolute Gasteiger partial charge is 0.302 e. The summed E-state index contributed by atoms with van der Waals surface area (Å²) in [6, 6.07) is 0. The van der Waals surface area contributed by atoms with Gasteiger partial charge in [-0.3, -0.25) is 4.79 Å². The van der Waals surface area contributed by atoms with E-state index in [-0.39, 0.29) is 12.1 Å². The largest absolute Gasteiger partial charge is 0.463 e. The predicted octanol–water partition coefficient (Wildman–Crippen LogP) is 6.91. The molecule has 2 nitrogen and oxygen atoms in total. The highest BCUT2D eigenvalue weighted by atomic mass is 16.5. The van der Waals surface area contributed by atoms with Gasteiger partial charge in [-0.15, -0.1) is 0 Å².